The Labute approximate surface area is 258 Å². The Morgan fingerprint density at radius 3 is 1.96 bits per heavy atom. The fourth-order valence-corrected chi connectivity index (χ4v) is 7.77. The third kappa shape index (κ3) is 3.93. The predicted molar refractivity (Wildman–Crippen MR) is 172 cm³/mol. The standard InChI is InChI=1S/C36H31N5O4/c42-34-30-28-24-10-4-6-12-26(24)40-15-14-23(45-36(44)39-18-16-38(17-19-39)20-22-8-2-1-3-9-22)21-41-27-13-7-5-11-25(27)29(33(41)32(28)40)31(30)35(43)37-34/h1-13,23H,14-21H2,(H,37,42,43). The number of rotatable bonds is 3. The number of nitrogens with zero attached hydrogens (tertiary/aromatic N) is 4. The third-order valence-electron chi connectivity index (χ3n) is 9.81. The minimum Gasteiger partial charge on any atom is -0.444 e. The van der Waals surface area contributed by atoms with Crippen molar-refractivity contribution in [1.82, 2.24) is 24.3 Å². The molecular weight excluding hydrogens is 566 g/mol. The second-order valence-corrected chi connectivity index (χ2v) is 12.3. The lowest BCUT2D eigenvalue weighted by Crippen LogP contribution is -2.49. The van der Waals surface area contributed by atoms with Crippen molar-refractivity contribution in [3.05, 3.63) is 95.6 Å². The monoisotopic (exact) mass is 597 g/mol. The summed E-state index contributed by atoms with van der Waals surface area (Å²) < 4.78 is 10.8. The summed E-state index contributed by atoms with van der Waals surface area (Å²) in [5, 5.41) is 6.02. The molecule has 224 valence electrons. The molecule has 3 amide bonds. The Balaban J connectivity index is 1.11. The van der Waals surface area contributed by atoms with Gasteiger partial charge in [-0.2, -0.15) is 0 Å². The Hall–Kier alpha value is -5.15. The molecule has 0 spiro atoms. The van der Waals surface area contributed by atoms with E-state index < -0.39 is 0 Å². The first kappa shape index (κ1) is 26.3. The Morgan fingerprint density at radius 2 is 1.29 bits per heavy atom. The maximum atomic E-state index is 13.6. The van der Waals surface area contributed by atoms with E-state index in [1.807, 2.05) is 53.4 Å². The lowest BCUT2D eigenvalue weighted by Gasteiger charge is -2.35. The predicted octanol–water partition coefficient (Wildman–Crippen LogP) is 5.51. The van der Waals surface area contributed by atoms with E-state index in [2.05, 4.69) is 49.7 Å². The molecule has 1 saturated heterocycles. The summed E-state index contributed by atoms with van der Waals surface area (Å²) in [5.74, 6) is -0.720. The summed E-state index contributed by atoms with van der Waals surface area (Å²) in [6.45, 7) is 4.77. The van der Waals surface area contributed by atoms with Gasteiger partial charge < -0.3 is 18.8 Å². The third-order valence-corrected chi connectivity index (χ3v) is 9.81. The summed E-state index contributed by atoms with van der Waals surface area (Å²) in [4.78, 5) is 44.5. The Bertz CT molecular complexity index is 2210. The highest BCUT2D eigenvalue weighted by molar-refractivity contribution is 6.39. The second kappa shape index (κ2) is 9.93. The van der Waals surface area contributed by atoms with Crippen molar-refractivity contribution >= 4 is 61.5 Å². The molecule has 3 aliphatic heterocycles. The van der Waals surface area contributed by atoms with Crippen LogP contribution in [0.1, 0.15) is 32.7 Å². The van der Waals surface area contributed by atoms with Gasteiger partial charge in [0.15, 0.2) is 0 Å². The number of carbonyl (C=O) groups excluding carboxylic acids is 3. The molecule has 0 radical (unpaired) electrons. The van der Waals surface area contributed by atoms with Gasteiger partial charge in [-0.1, -0.05) is 66.7 Å². The molecular formula is C36H31N5O4. The highest BCUT2D eigenvalue weighted by atomic mass is 16.6. The number of aromatic nitrogens is 2. The minimum atomic E-state index is -0.382. The molecule has 3 aliphatic rings. The molecule has 45 heavy (non-hydrogen) atoms. The maximum Gasteiger partial charge on any atom is 0.410 e. The molecule has 0 aliphatic carbocycles. The summed E-state index contributed by atoms with van der Waals surface area (Å²) in [6.07, 6.45) is -0.0513. The lowest BCUT2D eigenvalue weighted by atomic mass is 9.96. The molecule has 0 bridgehead atoms. The van der Waals surface area contributed by atoms with Gasteiger partial charge in [-0.3, -0.25) is 19.8 Å². The zero-order valence-electron chi connectivity index (χ0n) is 24.7. The van der Waals surface area contributed by atoms with E-state index in [0.29, 0.717) is 43.7 Å². The molecule has 9 nitrogen and oxygen atoms in total. The first-order valence-corrected chi connectivity index (χ1v) is 15.6. The lowest BCUT2D eigenvalue weighted by molar-refractivity contribution is 0.0353. The van der Waals surface area contributed by atoms with Crippen LogP contribution < -0.4 is 5.32 Å². The Morgan fingerprint density at radius 1 is 0.711 bits per heavy atom. The van der Waals surface area contributed by atoms with Crippen molar-refractivity contribution in [3.63, 3.8) is 0 Å². The van der Waals surface area contributed by atoms with Crippen LogP contribution in [0.25, 0.3) is 43.6 Å². The van der Waals surface area contributed by atoms with Crippen molar-refractivity contribution in [1.29, 1.82) is 0 Å². The molecule has 4 aromatic carbocycles. The average Bonchev–Trinajstić information content (AvgIpc) is 3.66. The Kier molecular flexibility index (Phi) is 5.80. The number of ether oxygens (including phenoxy) is 1. The molecule has 9 rings (SSSR count). The van der Waals surface area contributed by atoms with Crippen LogP contribution in [0.3, 0.4) is 0 Å². The molecule has 2 aromatic heterocycles. The number of hydrogen-bond donors (Lipinski definition) is 1. The number of carbonyl (C=O) groups is 3. The first-order valence-electron chi connectivity index (χ1n) is 15.6. The fraction of sp³-hybridized carbons (Fsp3) is 0.250. The summed E-state index contributed by atoms with van der Waals surface area (Å²) >= 11 is 0. The fourth-order valence-electron chi connectivity index (χ4n) is 7.77. The molecule has 1 atom stereocenters. The number of fused-ring (bicyclic) bond motifs is 9. The van der Waals surface area contributed by atoms with Crippen LogP contribution in [0.2, 0.25) is 0 Å². The van der Waals surface area contributed by atoms with Crippen LogP contribution >= 0.6 is 0 Å². The normalized spacial score (nSPS) is 18.6. The van der Waals surface area contributed by atoms with Crippen LogP contribution in [0.15, 0.2) is 78.9 Å². The van der Waals surface area contributed by atoms with Crippen molar-refractivity contribution < 1.29 is 19.1 Å². The van der Waals surface area contributed by atoms with Gasteiger partial charge in [0.2, 0.25) is 0 Å². The average molecular weight is 598 g/mol. The highest BCUT2D eigenvalue weighted by Crippen LogP contribution is 2.45. The first-order chi connectivity index (χ1) is 22.1. The second-order valence-electron chi connectivity index (χ2n) is 12.3. The summed E-state index contributed by atoms with van der Waals surface area (Å²) in [7, 11) is 0. The number of para-hydroxylation sites is 2. The molecule has 5 heterocycles. The zero-order chi connectivity index (χ0) is 30.2. The van der Waals surface area contributed by atoms with Crippen molar-refractivity contribution in [3.8, 4) is 0 Å². The molecule has 1 unspecified atom stereocenters. The van der Waals surface area contributed by atoms with E-state index in [-0.39, 0.29) is 24.0 Å². The number of benzene rings is 4. The number of hydrogen-bond acceptors (Lipinski definition) is 5. The SMILES string of the molecule is O=C1NC(=O)c2c1c1c3ccccc3n3c1c1c2c2ccccc2n1CC(OC(=O)N1CCN(Cc2ccccc2)CC1)CC3. The van der Waals surface area contributed by atoms with Gasteiger partial charge in [0.1, 0.15) is 6.10 Å². The number of piperazine rings is 1. The van der Waals surface area contributed by atoms with Crippen LogP contribution in [0.4, 0.5) is 4.79 Å². The molecule has 6 aromatic rings. The number of amides is 3. The summed E-state index contributed by atoms with van der Waals surface area (Å²) in [6, 6.07) is 26.5. The van der Waals surface area contributed by atoms with Crippen LogP contribution in [-0.4, -0.2) is 69.1 Å². The van der Waals surface area contributed by atoms with E-state index in [0.717, 1.165) is 63.2 Å². The molecule has 1 fully saturated rings. The summed E-state index contributed by atoms with van der Waals surface area (Å²) in [5.41, 5.74) is 5.95. The van der Waals surface area contributed by atoms with Gasteiger partial charge in [-0.15, -0.1) is 0 Å². The molecule has 1 N–H and O–H groups in total. The molecule has 9 heteroatoms. The van der Waals surface area contributed by atoms with Gasteiger partial charge >= 0.3 is 6.09 Å². The minimum absolute atomic E-state index is 0.283. The number of nitrogens with one attached hydrogen (secondary N) is 1. The van der Waals surface area contributed by atoms with Crippen molar-refractivity contribution in [2.75, 3.05) is 26.2 Å². The number of imide groups is 1. The highest BCUT2D eigenvalue weighted by Gasteiger charge is 2.38. The van der Waals surface area contributed by atoms with Crippen molar-refractivity contribution in [2.24, 2.45) is 0 Å². The van der Waals surface area contributed by atoms with Gasteiger partial charge in [-0.25, -0.2) is 4.79 Å². The van der Waals surface area contributed by atoms with E-state index >= 15 is 0 Å². The smallest absolute Gasteiger partial charge is 0.410 e. The van der Waals surface area contributed by atoms with E-state index in [1.165, 1.54) is 5.56 Å². The van der Waals surface area contributed by atoms with E-state index in [1.54, 1.807) is 0 Å². The van der Waals surface area contributed by atoms with Gasteiger partial charge in [0.25, 0.3) is 11.8 Å². The van der Waals surface area contributed by atoms with Crippen molar-refractivity contribution in [2.45, 2.75) is 32.2 Å². The number of aryl methyl sites for hydroxylation is 1. The van der Waals surface area contributed by atoms with Gasteiger partial charge in [0, 0.05) is 78.3 Å². The van der Waals surface area contributed by atoms with E-state index in [9.17, 15) is 14.4 Å². The van der Waals surface area contributed by atoms with Crippen LogP contribution in [0.5, 0.6) is 0 Å². The maximum absolute atomic E-state index is 13.6. The largest absolute Gasteiger partial charge is 0.444 e. The quantitative estimate of drug-likeness (QED) is 0.272. The van der Waals surface area contributed by atoms with Gasteiger partial charge in [-0.05, 0) is 17.7 Å². The van der Waals surface area contributed by atoms with Crippen LogP contribution in [0, 0.1) is 0 Å². The van der Waals surface area contributed by atoms with E-state index in [4.69, 9.17) is 4.74 Å². The molecule has 0 saturated carbocycles. The van der Waals surface area contributed by atoms with Gasteiger partial charge in [0.05, 0.1) is 28.7 Å². The van der Waals surface area contributed by atoms with Crippen LogP contribution in [-0.2, 0) is 24.4 Å². The zero-order valence-corrected chi connectivity index (χ0v) is 24.7. The topological polar surface area (TPSA) is 88.8 Å².